The van der Waals surface area contributed by atoms with Crippen LogP contribution in [0.3, 0.4) is 0 Å². The lowest BCUT2D eigenvalue weighted by atomic mass is 10.0. The van der Waals surface area contributed by atoms with Crippen molar-refractivity contribution >= 4 is 5.78 Å². The number of carbonyl (C=O) groups excluding carboxylic acids is 1. The Morgan fingerprint density at radius 2 is 1.70 bits per heavy atom. The molecule has 0 atom stereocenters. The molecule has 0 spiro atoms. The minimum Gasteiger partial charge on any atom is -0.299 e. The van der Waals surface area contributed by atoms with E-state index in [4.69, 9.17) is 0 Å². The van der Waals surface area contributed by atoms with E-state index in [1.807, 2.05) is 6.07 Å². The number of carbonyl (C=O) groups is 1. The largest absolute Gasteiger partial charge is 0.299 e. The molecule has 0 unspecified atom stereocenters. The smallest absolute Gasteiger partial charge is 0.213 e. The van der Waals surface area contributed by atoms with Gasteiger partial charge < -0.3 is 0 Å². The summed E-state index contributed by atoms with van der Waals surface area (Å²) in [5, 5.41) is 0. The first-order valence-corrected chi connectivity index (χ1v) is 9.08. The van der Waals surface area contributed by atoms with Gasteiger partial charge in [-0.3, -0.25) is 24.7 Å². The second kappa shape index (κ2) is 8.60. The Kier molecular flexibility index (Phi) is 5.56. The fraction of sp³-hybridized carbons (Fsp3) is 0.0909. The summed E-state index contributed by atoms with van der Waals surface area (Å²) in [6.45, 7) is 0. The highest BCUT2D eigenvalue weighted by atomic mass is 19.1. The average Bonchev–Trinajstić information content (AvgIpc) is 2.75. The van der Waals surface area contributed by atoms with Crippen molar-refractivity contribution in [3.8, 4) is 22.5 Å². The Morgan fingerprint density at radius 1 is 0.800 bits per heavy atom. The van der Waals surface area contributed by atoms with Crippen LogP contribution in [0, 0.1) is 11.8 Å². The van der Waals surface area contributed by atoms with E-state index >= 15 is 0 Å². The molecule has 0 amide bonds. The van der Waals surface area contributed by atoms with Crippen LogP contribution in [0.2, 0.25) is 0 Å². The Bertz CT molecular complexity index is 1180. The molecule has 0 aliphatic carbocycles. The number of ketones is 1. The quantitative estimate of drug-likeness (QED) is 0.458. The third-order valence-electron chi connectivity index (χ3n) is 4.36. The van der Waals surface area contributed by atoms with Gasteiger partial charge >= 0.3 is 0 Å². The number of Topliss-reactive ketones (excluding diaryl/α,β-unsaturated/α-hetero) is 1. The van der Waals surface area contributed by atoms with E-state index in [-0.39, 0.29) is 29.9 Å². The van der Waals surface area contributed by atoms with Gasteiger partial charge in [-0.2, -0.15) is 4.39 Å². The third kappa shape index (κ3) is 4.54. The van der Waals surface area contributed by atoms with E-state index in [0.29, 0.717) is 17.0 Å². The summed E-state index contributed by atoms with van der Waals surface area (Å²) in [6.07, 6.45) is 9.23. The lowest BCUT2D eigenvalue weighted by molar-refractivity contribution is -0.117. The first-order chi connectivity index (χ1) is 14.6. The zero-order valence-corrected chi connectivity index (χ0v) is 15.7. The Morgan fingerprint density at radius 3 is 2.40 bits per heavy atom. The summed E-state index contributed by atoms with van der Waals surface area (Å²) in [7, 11) is 0. The van der Waals surface area contributed by atoms with Gasteiger partial charge in [0, 0.05) is 66.7 Å². The lowest BCUT2D eigenvalue weighted by Crippen LogP contribution is -2.08. The van der Waals surface area contributed by atoms with Crippen LogP contribution in [0.15, 0.2) is 67.5 Å². The Labute approximate surface area is 170 Å². The minimum atomic E-state index is -0.717. The molecule has 0 saturated heterocycles. The van der Waals surface area contributed by atoms with Gasteiger partial charge in [-0.1, -0.05) is 0 Å². The molecule has 0 fully saturated rings. The molecule has 0 saturated carbocycles. The number of pyridine rings is 3. The molecule has 0 radical (unpaired) electrons. The van der Waals surface area contributed by atoms with Gasteiger partial charge in [0.25, 0.3) is 0 Å². The fourth-order valence-electron chi connectivity index (χ4n) is 2.96. The molecule has 148 valence electrons. The number of nitrogens with zero attached hydrogens (tertiary/aromatic N) is 5. The summed E-state index contributed by atoms with van der Waals surface area (Å²) in [4.78, 5) is 32.4. The second-order valence-corrected chi connectivity index (χ2v) is 6.56. The van der Waals surface area contributed by atoms with Crippen molar-refractivity contribution in [2.75, 3.05) is 0 Å². The van der Waals surface area contributed by atoms with Crippen LogP contribution in [0.5, 0.6) is 0 Å². The van der Waals surface area contributed by atoms with Gasteiger partial charge in [0.15, 0.2) is 0 Å². The second-order valence-electron chi connectivity index (χ2n) is 6.56. The summed E-state index contributed by atoms with van der Waals surface area (Å²) in [5.41, 5.74) is 2.82. The van der Waals surface area contributed by atoms with Crippen molar-refractivity contribution in [2.45, 2.75) is 12.8 Å². The number of halogens is 2. The summed E-state index contributed by atoms with van der Waals surface area (Å²) < 4.78 is 27.7. The van der Waals surface area contributed by atoms with Gasteiger partial charge in [0.2, 0.25) is 5.95 Å². The van der Waals surface area contributed by atoms with Crippen LogP contribution >= 0.6 is 0 Å². The first kappa shape index (κ1) is 19.4. The van der Waals surface area contributed by atoms with Crippen LogP contribution in [-0.4, -0.2) is 30.7 Å². The number of hydrogen-bond acceptors (Lipinski definition) is 6. The van der Waals surface area contributed by atoms with Crippen LogP contribution in [0.4, 0.5) is 8.78 Å². The van der Waals surface area contributed by atoms with E-state index in [1.165, 1.54) is 24.5 Å². The maximum Gasteiger partial charge on any atom is 0.213 e. The van der Waals surface area contributed by atoms with Crippen LogP contribution in [0.1, 0.15) is 11.3 Å². The molecule has 4 heterocycles. The molecule has 4 aromatic heterocycles. The van der Waals surface area contributed by atoms with E-state index < -0.39 is 11.8 Å². The van der Waals surface area contributed by atoms with Crippen molar-refractivity contribution in [1.82, 2.24) is 24.9 Å². The van der Waals surface area contributed by atoms with Crippen molar-refractivity contribution in [1.29, 1.82) is 0 Å². The zero-order chi connectivity index (χ0) is 20.9. The standard InChI is InChI=1S/C22H15F2N5O/c23-19-8-14(11-29-22(19)15-3-4-27-21(24)9-15)7-18(30)10-17-2-1-16(12-28-17)20-13-25-5-6-26-20/h1-6,8-9,11-13H,7,10H2. The molecule has 8 heteroatoms. The Balaban J connectivity index is 1.42. The molecule has 30 heavy (non-hydrogen) atoms. The molecule has 4 aromatic rings. The molecule has 0 aromatic carbocycles. The minimum absolute atomic E-state index is 0.00812. The summed E-state index contributed by atoms with van der Waals surface area (Å²) in [5.74, 6) is -1.47. The van der Waals surface area contributed by atoms with Crippen LogP contribution in [0.25, 0.3) is 22.5 Å². The third-order valence-corrected chi connectivity index (χ3v) is 4.36. The highest BCUT2D eigenvalue weighted by Crippen LogP contribution is 2.21. The SMILES string of the molecule is O=C(Cc1cnc(-c2ccnc(F)c2)c(F)c1)Cc1ccc(-c2cnccn2)cn1. The summed E-state index contributed by atoms with van der Waals surface area (Å²) in [6, 6.07) is 7.39. The van der Waals surface area contributed by atoms with Crippen LogP contribution < -0.4 is 0 Å². The van der Waals surface area contributed by atoms with E-state index in [0.717, 1.165) is 11.6 Å². The van der Waals surface area contributed by atoms with E-state index in [1.54, 1.807) is 30.9 Å². The van der Waals surface area contributed by atoms with Crippen molar-refractivity contribution in [2.24, 2.45) is 0 Å². The normalized spacial score (nSPS) is 10.7. The predicted molar refractivity (Wildman–Crippen MR) is 105 cm³/mol. The topological polar surface area (TPSA) is 81.5 Å². The van der Waals surface area contributed by atoms with Crippen molar-refractivity contribution in [3.63, 3.8) is 0 Å². The number of rotatable bonds is 6. The van der Waals surface area contributed by atoms with Crippen LogP contribution in [-0.2, 0) is 17.6 Å². The molecular weight excluding hydrogens is 388 g/mol. The van der Waals surface area contributed by atoms with Gasteiger partial charge in [-0.25, -0.2) is 9.37 Å². The van der Waals surface area contributed by atoms with E-state index in [2.05, 4.69) is 24.9 Å². The van der Waals surface area contributed by atoms with Gasteiger partial charge in [0.1, 0.15) is 17.3 Å². The highest BCUT2D eigenvalue weighted by molar-refractivity contribution is 5.82. The molecule has 4 rings (SSSR count). The molecular formula is C22H15F2N5O. The lowest BCUT2D eigenvalue weighted by Gasteiger charge is -2.06. The number of aromatic nitrogens is 5. The van der Waals surface area contributed by atoms with Gasteiger partial charge in [-0.05, 0) is 29.8 Å². The molecule has 0 aliphatic rings. The van der Waals surface area contributed by atoms with Crippen molar-refractivity contribution < 1.29 is 13.6 Å². The predicted octanol–water partition coefficient (Wildman–Crippen LogP) is 3.63. The Hall–Kier alpha value is -3.94. The molecule has 0 aliphatic heterocycles. The van der Waals surface area contributed by atoms with Gasteiger partial charge in [0.05, 0.1) is 11.9 Å². The highest BCUT2D eigenvalue weighted by Gasteiger charge is 2.12. The zero-order valence-electron chi connectivity index (χ0n) is 15.7. The van der Waals surface area contributed by atoms with Crippen molar-refractivity contribution in [3.05, 3.63) is 90.5 Å². The monoisotopic (exact) mass is 403 g/mol. The molecule has 6 nitrogen and oxygen atoms in total. The van der Waals surface area contributed by atoms with E-state index in [9.17, 15) is 13.6 Å². The maximum atomic E-state index is 14.4. The maximum absolute atomic E-state index is 14.4. The van der Waals surface area contributed by atoms with Gasteiger partial charge in [-0.15, -0.1) is 0 Å². The first-order valence-electron chi connectivity index (χ1n) is 9.08. The fourth-order valence-corrected chi connectivity index (χ4v) is 2.96. The molecule has 0 bridgehead atoms. The average molecular weight is 403 g/mol. The number of hydrogen-bond donors (Lipinski definition) is 0. The molecule has 0 N–H and O–H groups in total. The summed E-state index contributed by atoms with van der Waals surface area (Å²) >= 11 is 0.